The number of carboxylic acid groups (broad SMARTS) is 1. The number of rotatable bonds is 2. The fourth-order valence-corrected chi connectivity index (χ4v) is 4.56. The smallest absolute Gasteiger partial charge is 0.341 e. The van der Waals surface area contributed by atoms with Gasteiger partial charge in [0.05, 0.1) is 11.9 Å². The number of H-pyrrole nitrogens is 2. The van der Waals surface area contributed by atoms with E-state index in [4.69, 9.17) is 0 Å². The van der Waals surface area contributed by atoms with Gasteiger partial charge in [0.15, 0.2) is 5.43 Å². The van der Waals surface area contributed by atoms with Crippen LogP contribution in [0.2, 0.25) is 0 Å². The van der Waals surface area contributed by atoms with Crippen molar-refractivity contribution >= 4 is 16.9 Å². The summed E-state index contributed by atoms with van der Waals surface area (Å²) >= 11 is 0. The third-order valence-corrected chi connectivity index (χ3v) is 6.08. The van der Waals surface area contributed by atoms with Gasteiger partial charge in [-0.25, -0.2) is 4.79 Å². The number of carboxylic acids is 1. The van der Waals surface area contributed by atoms with Gasteiger partial charge in [-0.2, -0.15) is 5.10 Å². The van der Waals surface area contributed by atoms with Crippen molar-refractivity contribution in [2.24, 2.45) is 5.41 Å². The molecule has 0 aliphatic carbocycles. The van der Waals surface area contributed by atoms with Crippen molar-refractivity contribution in [3.8, 4) is 22.4 Å². The van der Waals surface area contributed by atoms with Crippen LogP contribution in [-0.2, 0) is 6.42 Å². The molecular formula is C23H22N4O3. The van der Waals surface area contributed by atoms with Crippen LogP contribution in [0.3, 0.4) is 0 Å². The van der Waals surface area contributed by atoms with Gasteiger partial charge in [0.1, 0.15) is 5.56 Å². The maximum Gasteiger partial charge on any atom is 0.341 e. The zero-order chi connectivity index (χ0) is 21.2. The maximum absolute atomic E-state index is 12.6. The highest BCUT2D eigenvalue weighted by atomic mass is 16.4. The molecule has 1 aliphatic rings. The average molecular weight is 402 g/mol. The predicted molar refractivity (Wildman–Crippen MR) is 115 cm³/mol. The van der Waals surface area contributed by atoms with E-state index in [2.05, 4.69) is 48.1 Å². The highest BCUT2D eigenvalue weighted by molar-refractivity contribution is 6.01. The number of aromatic carboxylic acids is 1. The molecule has 3 N–H and O–H groups in total. The molecule has 0 bridgehead atoms. The molecule has 1 atom stereocenters. The van der Waals surface area contributed by atoms with Crippen LogP contribution in [0.15, 0.2) is 47.8 Å². The number of hydrogen-bond acceptors (Lipinski definition) is 3. The second-order valence-corrected chi connectivity index (χ2v) is 8.94. The van der Waals surface area contributed by atoms with E-state index in [9.17, 15) is 14.7 Å². The minimum atomic E-state index is -1.20. The number of pyridine rings is 1. The summed E-state index contributed by atoms with van der Waals surface area (Å²) in [7, 11) is 0. The fraction of sp³-hybridized carbons (Fsp3) is 0.261. The quantitative estimate of drug-likeness (QED) is 0.467. The molecule has 3 aromatic heterocycles. The number of fused-ring (bicyclic) bond motifs is 5. The lowest BCUT2D eigenvalue weighted by atomic mass is 9.77. The lowest BCUT2D eigenvalue weighted by Gasteiger charge is -2.39. The van der Waals surface area contributed by atoms with Gasteiger partial charge in [-0.15, -0.1) is 0 Å². The molecule has 0 fully saturated rings. The summed E-state index contributed by atoms with van der Waals surface area (Å²) in [5, 5.41) is 17.5. The Bertz CT molecular complexity index is 1350. The van der Waals surface area contributed by atoms with Gasteiger partial charge in [0.2, 0.25) is 0 Å². The zero-order valence-corrected chi connectivity index (χ0v) is 17.0. The van der Waals surface area contributed by atoms with Crippen LogP contribution >= 0.6 is 0 Å². The summed E-state index contributed by atoms with van der Waals surface area (Å²) in [6, 6.07) is 5.61. The maximum atomic E-state index is 12.6. The normalized spacial score (nSPS) is 15.8. The zero-order valence-electron chi connectivity index (χ0n) is 17.0. The van der Waals surface area contributed by atoms with Gasteiger partial charge < -0.3 is 14.7 Å². The standard InChI is InChI=1S/C23H22N4O3/c1-23(2,3)20-7-16-15(18-8-19(28)17(22(29)30)11-27(18)20)6-14(12-9-25-26-10-12)13-4-5-24-21(13)16/h4-6,8-11,20,24H,7H2,1-3H3,(H,25,26)(H,29,30). The van der Waals surface area contributed by atoms with Crippen molar-refractivity contribution in [2.75, 3.05) is 0 Å². The molecule has 0 saturated heterocycles. The van der Waals surface area contributed by atoms with Crippen LogP contribution in [0, 0.1) is 5.41 Å². The van der Waals surface area contributed by atoms with Crippen LogP contribution < -0.4 is 5.43 Å². The Balaban J connectivity index is 1.88. The summed E-state index contributed by atoms with van der Waals surface area (Å²) in [6.45, 7) is 6.41. The molecule has 0 amide bonds. The molecule has 4 heterocycles. The third kappa shape index (κ3) is 2.62. The van der Waals surface area contributed by atoms with E-state index >= 15 is 0 Å². The summed E-state index contributed by atoms with van der Waals surface area (Å²) in [5.41, 5.74) is 5.01. The van der Waals surface area contributed by atoms with Crippen LogP contribution in [-0.4, -0.2) is 30.8 Å². The second kappa shape index (κ2) is 6.19. The first-order valence-electron chi connectivity index (χ1n) is 9.87. The van der Waals surface area contributed by atoms with E-state index in [-0.39, 0.29) is 17.0 Å². The van der Waals surface area contributed by atoms with E-state index in [1.165, 1.54) is 12.3 Å². The molecular weight excluding hydrogens is 380 g/mol. The molecule has 7 nitrogen and oxygen atoms in total. The first-order valence-corrected chi connectivity index (χ1v) is 9.87. The molecule has 1 aliphatic heterocycles. The number of nitrogens with one attached hydrogen (secondary N) is 2. The van der Waals surface area contributed by atoms with Crippen molar-refractivity contribution in [2.45, 2.75) is 33.2 Å². The molecule has 152 valence electrons. The summed E-state index contributed by atoms with van der Waals surface area (Å²) in [4.78, 5) is 27.6. The minimum absolute atomic E-state index is 0.00461. The van der Waals surface area contributed by atoms with Crippen LogP contribution in [0.5, 0.6) is 0 Å². The molecule has 1 aromatic carbocycles. The highest BCUT2D eigenvalue weighted by Crippen LogP contribution is 2.46. The SMILES string of the molecule is CC(C)(C)C1Cc2c(cc(-c3cn[nH]c3)c3cc[nH]c23)-c2cc(=O)c(C(=O)O)cn21. The Labute approximate surface area is 172 Å². The number of carbonyl (C=O) groups is 1. The van der Waals surface area contributed by atoms with Crippen LogP contribution in [0.4, 0.5) is 0 Å². The lowest BCUT2D eigenvalue weighted by Crippen LogP contribution is -2.33. The number of hydrogen-bond donors (Lipinski definition) is 3. The molecule has 7 heteroatoms. The number of aromatic nitrogens is 4. The fourth-order valence-electron chi connectivity index (χ4n) is 4.56. The van der Waals surface area contributed by atoms with E-state index in [1.54, 1.807) is 6.20 Å². The molecule has 4 aromatic rings. The van der Waals surface area contributed by atoms with E-state index < -0.39 is 11.4 Å². The van der Waals surface area contributed by atoms with Crippen molar-refractivity contribution in [3.05, 3.63) is 64.3 Å². The predicted octanol–water partition coefficient (Wildman–Crippen LogP) is 4.23. The van der Waals surface area contributed by atoms with Gasteiger partial charge in [0, 0.05) is 52.7 Å². The molecule has 30 heavy (non-hydrogen) atoms. The Kier molecular flexibility index (Phi) is 3.80. The number of benzene rings is 1. The Hall–Kier alpha value is -3.61. The third-order valence-electron chi connectivity index (χ3n) is 6.08. The largest absolute Gasteiger partial charge is 0.477 e. The summed E-state index contributed by atoms with van der Waals surface area (Å²) in [5.74, 6) is -1.20. The first-order chi connectivity index (χ1) is 14.3. The summed E-state index contributed by atoms with van der Waals surface area (Å²) in [6.07, 6.45) is 7.78. The first kappa shape index (κ1) is 18.4. The Morgan fingerprint density at radius 1 is 1.27 bits per heavy atom. The van der Waals surface area contributed by atoms with Crippen LogP contribution in [0.25, 0.3) is 33.3 Å². The Morgan fingerprint density at radius 3 is 2.73 bits per heavy atom. The molecule has 5 rings (SSSR count). The monoisotopic (exact) mass is 402 g/mol. The molecule has 0 saturated carbocycles. The van der Waals surface area contributed by atoms with E-state index in [0.29, 0.717) is 0 Å². The van der Waals surface area contributed by atoms with E-state index in [1.807, 2.05) is 17.0 Å². The van der Waals surface area contributed by atoms with Crippen molar-refractivity contribution < 1.29 is 9.90 Å². The van der Waals surface area contributed by atoms with Crippen molar-refractivity contribution in [3.63, 3.8) is 0 Å². The second-order valence-electron chi connectivity index (χ2n) is 8.94. The Morgan fingerprint density at radius 2 is 2.07 bits per heavy atom. The highest BCUT2D eigenvalue weighted by Gasteiger charge is 2.35. The minimum Gasteiger partial charge on any atom is -0.477 e. The van der Waals surface area contributed by atoms with Gasteiger partial charge in [-0.1, -0.05) is 20.8 Å². The van der Waals surface area contributed by atoms with Crippen LogP contribution in [0.1, 0.15) is 42.7 Å². The summed E-state index contributed by atoms with van der Waals surface area (Å²) < 4.78 is 1.97. The number of aromatic amines is 2. The van der Waals surface area contributed by atoms with Gasteiger partial charge >= 0.3 is 5.97 Å². The van der Waals surface area contributed by atoms with Crippen molar-refractivity contribution in [1.82, 2.24) is 19.7 Å². The van der Waals surface area contributed by atoms with Gasteiger partial charge in [-0.3, -0.25) is 9.89 Å². The topological polar surface area (TPSA) is 104 Å². The molecule has 0 spiro atoms. The number of nitrogens with zero attached hydrogens (tertiary/aromatic N) is 2. The van der Waals surface area contributed by atoms with Crippen molar-refractivity contribution in [1.29, 1.82) is 0 Å². The van der Waals surface area contributed by atoms with Gasteiger partial charge in [0.25, 0.3) is 0 Å². The molecule has 1 unspecified atom stereocenters. The van der Waals surface area contributed by atoms with E-state index in [0.717, 1.165) is 45.3 Å². The average Bonchev–Trinajstić information content (AvgIpc) is 3.37. The molecule has 0 radical (unpaired) electrons. The van der Waals surface area contributed by atoms with Gasteiger partial charge in [-0.05, 0) is 35.1 Å². The lowest BCUT2D eigenvalue weighted by molar-refractivity contribution is 0.0693.